The van der Waals surface area contributed by atoms with Crippen molar-refractivity contribution in [2.24, 2.45) is 5.92 Å². The molecule has 4 heteroatoms. The van der Waals surface area contributed by atoms with Gasteiger partial charge in [-0.15, -0.1) is 0 Å². The van der Waals surface area contributed by atoms with E-state index in [1.807, 2.05) is 18.2 Å². The standard InChI is InChI=1S/C11H14N2OS/c1-7-6-12-9-4-3-8(14-2)5-10(9)13-11(7)15/h3-5,7,12H,6H2,1-2H3,(H,13,15). The van der Waals surface area contributed by atoms with Crippen molar-refractivity contribution in [2.75, 3.05) is 24.3 Å². The summed E-state index contributed by atoms with van der Waals surface area (Å²) in [7, 11) is 1.66. The Kier molecular flexibility index (Phi) is 2.77. The fourth-order valence-electron chi connectivity index (χ4n) is 1.52. The topological polar surface area (TPSA) is 33.3 Å². The first kappa shape index (κ1) is 10.2. The first-order valence-corrected chi connectivity index (χ1v) is 5.34. The maximum Gasteiger partial charge on any atom is 0.121 e. The Morgan fingerprint density at radius 2 is 2.20 bits per heavy atom. The molecule has 0 aliphatic carbocycles. The molecule has 0 aromatic heterocycles. The molecular formula is C11H14N2OS. The molecule has 1 aliphatic heterocycles. The van der Waals surface area contributed by atoms with Gasteiger partial charge in [0, 0.05) is 18.5 Å². The minimum absolute atomic E-state index is 0.346. The molecule has 0 saturated carbocycles. The first-order valence-electron chi connectivity index (χ1n) is 4.93. The molecule has 0 amide bonds. The zero-order valence-corrected chi connectivity index (χ0v) is 9.65. The van der Waals surface area contributed by atoms with E-state index in [-0.39, 0.29) is 0 Å². The van der Waals surface area contributed by atoms with Gasteiger partial charge in [-0.2, -0.15) is 0 Å². The smallest absolute Gasteiger partial charge is 0.121 e. The molecule has 1 aromatic rings. The minimum Gasteiger partial charge on any atom is -0.497 e. The fourth-order valence-corrected chi connectivity index (χ4v) is 1.71. The summed E-state index contributed by atoms with van der Waals surface area (Å²) in [6.07, 6.45) is 0. The highest BCUT2D eigenvalue weighted by Crippen LogP contribution is 2.29. The summed E-state index contributed by atoms with van der Waals surface area (Å²) >= 11 is 5.28. The van der Waals surface area contributed by atoms with Crippen molar-refractivity contribution < 1.29 is 4.74 Å². The van der Waals surface area contributed by atoms with Crippen LogP contribution in [0.3, 0.4) is 0 Å². The summed E-state index contributed by atoms with van der Waals surface area (Å²) in [5.74, 6) is 1.18. The van der Waals surface area contributed by atoms with Gasteiger partial charge < -0.3 is 15.4 Å². The van der Waals surface area contributed by atoms with E-state index < -0.39 is 0 Å². The van der Waals surface area contributed by atoms with Gasteiger partial charge in [-0.3, -0.25) is 0 Å². The molecule has 1 unspecified atom stereocenters. The molecule has 15 heavy (non-hydrogen) atoms. The van der Waals surface area contributed by atoms with E-state index in [1.165, 1.54) is 0 Å². The Morgan fingerprint density at radius 3 is 2.93 bits per heavy atom. The third-order valence-corrected chi connectivity index (χ3v) is 3.04. The van der Waals surface area contributed by atoms with Crippen LogP contribution in [0, 0.1) is 5.92 Å². The molecule has 2 N–H and O–H groups in total. The molecule has 1 heterocycles. The van der Waals surface area contributed by atoms with Crippen molar-refractivity contribution >= 4 is 28.6 Å². The molecule has 3 nitrogen and oxygen atoms in total. The van der Waals surface area contributed by atoms with Gasteiger partial charge in [0.15, 0.2) is 0 Å². The van der Waals surface area contributed by atoms with Gasteiger partial charge in [0.1, 0.15) is 5.75 Å². The highest BCUT2D eigenvalue weighted by Gasteiger charge is 2.16. The van der Waals surface area contributed by atoms with Crippen molar-refractivity contribution in [1.29, 1.82) is 0 Å². The van der Waals surface area contributed by atoms with E-state index in [0.717, 1.165) is 28.7 Å². The Morgan fingerprint density at radius 1 is 1.40 bits per heavy atom. The summed E-state index contributed by atoms with van der Waals surface area (Å²) in [5.41, 5.74) is 2.06. The number of benzene rings is 1. The number of hydrogen-bond acceptors (Lipinski definition) is 3. The zero-order valence-electron chi connectivity index (χ0n) is 8.83. The summed E-state index contributed by atoms with van der Waals surface area (Å²) in [6.45, 7) is 2.97. The molecule has 0 saturated heterocycles. The maximum absolute atomic E-state index is 5.28. The molecule has 0 radical (unpaired) electrons. The van der Waals surface area contributed by atoms with Crippen LogP contribution >= 0.6 is 12.2 Å². The summed E-state index contributed by atoms with van der Waals surface area (Å²) in [4.78, 5) is 0.870. The van der Waals surface area contributed by atoms with Gasteiger partial charge in [-0.1, -0.05) is 19.1 Å². The normalized spacial score (nSPS) is 19.6. The highest BCUT2D eigenvalue weighted by molar-refractivity contribution is 7.80. The largest absolute Gasteiger partial charge is 0.497 e. The molecule has 1 aromatic carbocycles. The van der Waals surface area contributed by atoms with E-state index in [2.05, 4.69) is 17.6 Å². The van der Waals surface area contributed by atoms with Gasteiger partial charge in [0.05, 0.1) is 23.5 Å². The van der Waals surface area contributed by atoms with Crippen LogP contribution in [0.4, 0.5) is 11.4 Å². The molecule has 0 bridgehead atoms. The van der Waals surface area contributed by atoms with Crippen molar-refractivity contribution in [3.8, 4) is 5.75 Å². The number of rotatable bonds is 1. The van der Waals surface area contributed by atoms with Crippen LogP contribution in [0.2, 0.25) is 0 Å². The lowest BCUT2D eigenvalue weighted by Crippen LogP contribution is -2.20. The first-order chi connectivity index (χ1) is 7.20. The lowest BCUT2D eigenvalue weighted by atomic mass is 10.2. The van der Waals surface area contributed by atoms with E-state index >= 15 is 0 Å². The summed E-state index contributed by atoms with van der Waals surface area (Å²) < 4.78 is 5.17. The Balaban J connectivity index is 2.35. The minimum atomic E-state index is 0.346. The monoisotopic (exact) mass is 222 g/mol. The van der Waals surface area contributed by atoms with Crippen LogP contribution in [0.1, 0.15) is 6.92 Å². The van der Waals surface area contributed by atoms with Crippen LogP contribution in [0.15, 0.2) is 18.2 Å². The quantitative estimate of drug-likeness (QED) is 0.715. The van der Waals surface area contributed by atoms with Gasteiger partial charge in [0.2, 0.25) is 0 Å². The van der Waals surface area contributed by atoms with Gasteiger partial charge in [0.25, 0.3) is 0 Å². The van der Waals surface area contributed by atoms with Gasteiger partial charge >= 0.3 is 0 Å². The number of ether oxygens (including phenoxy) is 1. The lowest BCUT2D eigenvalue weighted by molar-refractivity contribution is 0.415. The van der Waals surface area contributed by atoms with Crippen LogP contribution in [0.5, 0.6) is 5.75 Å². The maximum atomic E-state index is 5.28. The third-order valence-electron chi connectivity index (χ3n) is 2.53. The van der Waals surface area contributed by atoms with Crippen LogP contribution < -0.4 is 15.4 Å². The van der Waals surface area contributed by atoms with Crippen molar-refractivity contribution in [3.05, 3.63) is 18.2 Å². The van der Waals surface area contributed by atoms with Crippen LogP contribution in [0.25, 0.3) is 0 Å². The Labute approximate surface area is 94.8 Å². The number of anilines is 2. The SMILES string of the molecule is COc1ccc2c(c1)NC(=S)C(C)CN2. The summed E-state index contributed by atoms with van der Waals surface area (Å²) in [5, 5.41) is 6.59. The van der Waals surface area contributed by atoms with Crippen LogP contribution in [-0.4, -0.2) is 18.6 Å². The molecular weight excluding hydrogens is 208 g/mol. The van der Waals surface area contributed by atoms with Crippen molar-refractivity contribution in [2.45, 2.75) is 6.92 Å². The second-order valence-electron chi connectivity index (χ2n) is 3.68. The number of thiocarbonyl (C=S) groups is 1. The highest BCUT2D eigenvalue weighted by atomic mass is 32.1. The second kappa shape index (κ2) is 4.06. The average Bonchev–Trinajstić information content (AvgIpc) is 2.39. The molecule has 1 aliphatic rings. The van der Waals surface area contributed by atoms with E-state index in [9.17, 15) is 0 Å². The fraction of sp³-hybridized carbons (Fsp3) is 0.364. The summed E-state index contributed by atoms with van der Waals surface area (Å²) in [6, 6.07) is 5.89. The number of nitrogens with one attached hydrogen (secondary N) is 2. The number of fused-ring (bicyclic) bond motifs is 1. The van der Waals surface area contributed by atoms with E-state index in [1.54, 1.807) is 7.11 Å². The molecule has 0 fully saturated rings. The molecule has 80 valence electrons. The number of methoxy groups -OCH3 is 1. The second-order valence-corrected chi connectivity index (χ2v) is 4.12. The molecule has 0 spiro atoms. The predicted molar refractivity (Wildman–Crippen MR) is 66.9 cm³/mol. The van der Waals surface area contributed by atoms with Crippen LogP contribution in [-0.2, 0) is 0 Å². The van der Waals surface area contributed by atoms with E-state index in [4.69, 9.17) is 17.0 Å². The van der Waals surface area contributed by atoms with E-state index in [0.29, 0.717) is 5.92 Å². The Hall–Kier alpha value is -1.29. The van der Waals surface area contributed by atoms with Crippen molar-refractivity contribution in [1.82, 2.24) is 0 Å². The average molecular weight is 222 g/mol. The predicted octanol–water partition coefficient (Wildman–Crippen LogP) is 2.50. The molecule has 2 rings (SSSR count). The zero-order chi connectivity index (χ0) is 10.8. The number of hydrogen-bond donors (Lipinski definition) is 2. The van der Waals surface area contributed by atoms with Gasteiger partial charge in [-0.05, 0) is 12.1 Å². The van der Waals surface area contributed by atoms with Gasteiger partial charge in [-0.25, -0.2) is 0 Å². The Bertz CT molecular complexity index is 392. The molecule has 1 atom stereocenters. The third kappa shape index (κ3) is 2.04. The lowest BCUT2D eigenvalue weighted by Gasteiger charge is -2.10. The van der Waals surface area contributed by atoms with Crippen molar-refractivity contribution in [3.63, 3.8) is 0 Å².